The number of hydrogen-bond donors (Lipinski definition) is 2. The van der Waals surface area contributed by atoms with Gasteiger partial charge in [-0.05, 0) is 12.0 Å². The van der Waals surface area contributed by atoms with Crippen molar-refractivity contribution in [2.45, 2.75) is 39.0 Å². The van der Waals surface area contributed by atoms with Crippen molar-refractivity contribution in [1.82, 2.24) is 10.3 Å². The van der Waals surface area contributed by atoms with Crippen LogP contribution >= 0.6 is 0 Å². The first kappa shape index (κ1) is 12.3. The molecule has 4 nitrogen and oxygen atoms in total. The fraction of sp³-hybridized carbons (Fsp3) is 0.615. The van der Waals surface area contributed by atoms with E-state index in [2.05, 4.69) is 24.1 Å². The Kier molecular flexibility index (Phi) is 3.35. The number of ether oxygens (including phenoxy) is 1. The van der Waals surface area contributed by atoms with E-state index in [1.54, 1.807) is 7.11 Å². The summed E-state index contributed by atoms with van der Waals surface area (Å²) in [4.78, 5) is 4.16. The van der Waals surface area contributed by atoms with E-state index in [1.165, 1.54) is 0 Å². The fourth-order valence-electron chi connectivity index (χ4n) is 2.13. The van der Waals surface area contributed by atoms with E-state index in [9.17, 15) is 5.11 Å². The minimum atomic E-state index is -0.186. The van der Waals surface area contributed by atoms with Gasteiger partial charge in [-0.3, -0.25) is 0 Å². The summed E-state index contributed by atoms with van der Waals surface area (Å²) in [6.45, 7) is 4.95. The van der Waals surface area contributed by atoms with Crippen LogP contribution in [0, 0.1) is 5.41 Å². The zero-order valence-electron chi connectivity index (χ0n) is 10.6. The molecular formula is C13H20N2O2. The zero-order valence-corrected chi connectivity index (χ0v) is 10.6. The van der Waals surface area contributed by atoms with E-state index in [1.807, 2.05) is 18.3 Å². The van der Waals surface area contributed by atoms with Crippen LogP contribution in [0.5, 0.6) is 5.88 Å². The van der Waals surface area contributed by atoms with Crippen LogP contribution in [0.25, 0.3) is 0 Å². The molecule has 2 rings (SSSR count). The van der Waals surface area contributed by atoms with Gasteiger partial charge in [0, 0.05) is 30.3 Å². The Morgan fingerprint density at radius 3 is 2.76 bits per heavy atom. The fourth-order valence-corrected chi connectivity index (χ4v) is 2.13. The van der Waals surface area contributed by atoms with Crippen molar-refractivity contribution in [2.75, 3.05) is 7.11 Å². The number of pyridine rings is 1. The zero-order chi connectivity index (χ0) is 12.5. The Morgan fingerprint density at radius 1 is 1.53 bits per heavy atom. The monoisotopic (exact) mass is 236 g/mol. The highest BCUT2D eigenvalue weighted by atomic mass is 16.5. The first-order valence-corrected chi connectivity index (χ1v) is 5.94. The summed E-state index contributed by atoms with van der Waals surface area (Å²) in [7, 11) is 1.61. The number of aliphatic hydroxyl groups excluding tert-OH is 1. The lowest BCUT2D eigenvalue weighted by Crippen LogP contribution is -2.59. The van der Waals surface area contributed by atoms with Gasteiger partial charge in [0.25, 0.3) is 0 Å². The van der Waals surface area contributed by atoms with Crippen LogP contribution in [-0.2, 0) is 6.54 Å². The average molecular weight is 236 g/mol. The Hall–Kier alpha value is -1.13. The molecule has 0 amide bonds. The van der Waals surface area contributed by atoms with Crippen LogP contribution in [0.15, 0.2) is 18.3 Å². The average Bonchev–Trinajstić information content (AvgIpc) is 2.35. The first-order chi connectivity index (χ1) is 8.04. The van der Waals surface area contributed by atoms with Gasteiger partial charge >= 0.3 is 0 Å². The number of aromatic nitrogens is 1. The molecule has 0 aromatic carbocycles. The van der Waals surface area contributed by atoms with Gasteiger partial charge in [0.15, 0.2) is 0 Å². The van der Waals surface area contributed by atoms with Crippen molar-refractivity contribution in [3.63, 3.8) is 0 Å². The summed E-state index contributed by atoms with van der Waals surface area (Å²) in [5.74, 6) is 0.633. The summed E-state index contributed by atoms with van der Waals surface area (Å²) >= 11 is 0. The predicted molar refractivity (Wildman–Crippen MR) is 65.8 cm³/mol. The summed E-state index contributed by atoms with van der Waals surface area (Å²) in [5.41, 5.74) is 1.10. The molecule has 1 heterocycles. The van der Waals surface area contributed by atoms with Crippen molar-refractivity contribution in [2.24, 2.45) is 5.41 Å². The molecule has 1 aliphatic rings. The third kappa shape index (κ3) is 2.42. The molecule has 1 aromatic heterocycles. The highest BCUT2D eigenvalue weighted by Gasteiger charge is 2.46. The Morgan fingerprint density at radius 2 is 2.29 bits per heavy atom. The molecule has 0 radical (unpaired) electrons. The van der Waals surface area contributed by atoms with Crippen LogP contribution in [0.3, 0.4) is 0 Å². The van der Waals surface area contributed by atoms with Crippen molar-refractivity contribution in [3.05, 3.63) is 23.9 Å². The van der Waals surface area contributed by atoms with Crippen molar-refractivity contribution >= 4 is 0 Å². The molecule has 17 heavy (non-hydrogen) atoms. The second kappa shape index (κ2) is 4.63. The lowest BCUT2D eigenvalue weighted by atomic mass is 9.64. The summed E-state index contributed by atoms with van der Waals surface area (Å²) < 4.78 is 5.01. The molecule has 1 fully saturated rings. The van der Waals surface area contributed by atoms with E-state index in [4.69, 9.17) is 4.74 Å². The third-order valence-corrected chi connectivity index (χ3v) is 3.78. The highest BCUT2D eigenvalue weighted by Crippen LogP contribution is 2.40. The maximum absolute atomic E-state index is 9.64. The van der Waals surface area contributed by atoms with Gasteiger partial charge in [-0.25, -0.2) is 4.98 Å². The van der Waals surface area contributed by atoms with Gasteiger partial charge in [-0.1, -0.05) is 19.9 Å². The first-order valence-electron chi connectivity index (χ1n) is 5.94. The quantitative estimate of drug-likeness (QED) is 0.828. The van der Waals surface area contributed by atoms with Gasteiger partial charge in [0.1, 0.15) is 0 Å². The largest absolute Gasteiger partial charge is 0.481 e. The number of aliphatic hydroxyl groups is 1. The topological polar surface area (TPSA) is 54.4 Å². The van der Waals surface area contributed by atoms with Crippen LogP contribution < -0.4 is 10.1 Å². The van der Waals surface area contributed by atoms with E-state index in [-0.39, 0.29) is 11.5 Å². The number of methoxy groups -OCH3 is 1. The van der Waals surface area contributed by atoms with Gasteiger partial charge < -0.3 is 15.2 Å². The molecule has 0 spiro atoms. The molecule has 0 bridgehead atoms. The van der Waals surface area contributed by atoms with Gasteiger partial charge in [-0.15, -0.1) is 0 Å². The van der Waals surface area contributed by atoms with E-state index >= 15 is 0 Å². The molecule has 1 aromatic rings. The van der Waals surface area contributed by atoms with Crippen LogP contribution in [0.1, 0.15) is 25.8 Å². The number of rotatable bonds is 4. The molecule has 2 N–H and O–H groups in total. The Bertz CT molecular complexity index is 376. The summed E-state index contributed by atoms with van der Waals surface area (Å²) in [6, 6.07) is 4.23. The van der Waals surface area contributed by atoms with Crippen molar-refractivity contribution in [1.29, 1.82) is 0 Å². The Balaban J connectivity index is 1.86. The Labute approximate surface area is 102 Å². The van der Waals surface area contributed by atoms with Gasteiger partial charge in [0.2, 0.25) is 5.88 Å². The van der Waals surface area contributed by atoms with E-state index in [0.717, 1.165) is 18.5 Å². The smallest absolute Gasteiger partial charge is 0.212 e. The summed E-state index contributed by atoms with van der Waals surface area (Å²) in [6.07, 6.45) is 2.46. The predicted octanol–water partition coefficient (Wildman–Crippen LogP) is 1.34. The molecule has 0 aliphatic heterocycles. The second-order valence-corrected chi connectivity index (χ2v) is 5.22. The molecule has 4 heteroatoms. The minimum Gasteiger partial charge on any atom is -0.481 e. The van der Waals surface area contributed by atoms with Crippen LogP contribution in [0.2, 0.25) is 0 Å². The number of nitrogens with one attached hydrogen (secondary N) is 1. The van der Waals surface area contributed by atoms with Gasteiger partial charge in [0.05, 0.1) is 13.2 Å². The van der Waals surface area contributed by atoms with Crippen LogP contribution in [-0.4, -0.2) is 29.3 Å². The number of nitrogens with zero attached hydrogens (tertiary/aromatic N) is 1. The van der Waals surface area contributed by atoms with Gasteiger partial charge in [-0.2, -0.15) is 0 Å². The molecular weight excluding hydrogens is 216 g/mol. The highest BCUT2D eigenvalue weighted by molar-refractivity contribution is 5.18. The molecule has 1 aliphatic carbocycles. The maximum Gasteiger partial charge on any atom is 0.212 e. The molecule has 94 valence electrons. The van der Waals surface area contributed by atoms with Crippen LogP contribution in [0.4, 0.5) is 0 Å². The summed E-state index contributed by atoms with van der Waals surface area (Å²) in [5, 5.41) is 13.1. The SMILES string of the molecule is COc1ccc(CNC2CC(O)C2(C)C)cn1. The molecule has 1 saturated carbocycles. The lowest BCUT2D eigenvalue weighted by Gasteiger charge is -2.49. The van der Waals surface area contributed by atoms with E-state index < -0.39 is 0 Å². The van der Waals surface area contributed by atoms with E-state index in [0.29, 0.717) is 11.9 Å². The second-order valence-electron chi connectivity index (χ2n) is 5.22. The van der Waals surface area contributed by atoms with Crippen molar-refractivity contribution in [3.8, 4) is 5.88 Å². The standard InChI is InChI=1S/C13H20N2O2/c1-13(2)10(6-11(13)16)14-7-9-4-5-12(17-3)15-8-9/h4-5,8,10-11,14,16H,6-7H2,1-3H3. The maximum atomic E-state index is 9.64. The normalized spacial score (nSPS) is 26.4. The lowest BCUT2D eigenvalue weighted by molar-refractivity contribution is -0.0729. The molecule has 2 atom stereocenters. The third-order valence-electron chi connectivity index (χ3n) is 3.78. The number of hydrogen-bond acceptors (Lipinski definition) is 4. The van der Waals surface area contributed by atoms with Crippen molar-refractivity contribution < 1.29 is 9.84 Å². The molecule has 0 saturated heterocycles. The minimum absolute atomic E-state index is 0.0279. The molecule has 2 unspecified atom stereocenters.